The van der Waals surface area contributed by atoms with E-state index < -0.39 is 17.7 Å². The molecule has 0 fully saturated rings. The van der Waals surface area contributed by atoms with Crippen molar-refractivity contribution in [1.29, 1.82) is 0 Å². The average Bonchev–Trinajstić information content (AvgIpc) is 3.51. The van der Waals surface area contributed by atoms with Crippen LogP contribution in [0.4, 0.5) is 17.6 Å². The largest absolute Gasteiger partial charge is 0.497 e. The van der Waals surface area contributed by atoms with E-state index in [1.165, 1.54) is 36.9 Å². The zero-order valence-electron chi connectivity index (χ0n) is 19.3. The predicted octanol–water partition coefficient (Wildman–Crippen LogP) is 7.29. The molecule has 3 aromatic carbocycles. The van der Waals surface area contributed by atoms with Crippen molar-refractivity contribution in [2.45, 2.75) is 6.18 Å². The maximum Gasteiger partial charge on any atom is 0.434 e. The summed E-state index contributed by atoms with van der Waals surface area (Å²) in [5, 5.41) is 4.38. The highest BCUT2D eigenvalue weighted by Gasteiger charge is 2.34. The number of benzene rings is 3. The molecule has 11 heteroatoms. The number of imidazole rings is 1. The van der Waals surface area contributed by atoms with Crippen molar-refractivity contribution in [3.63, 3.8) is 0 Å². The van der Waals surface area contributed by atoms with Gasteiger partial charge in [-0.15, -0.1) is 0 Å². The molecule has 0 amide bonds. The van der Waals surface area contributed by atoms with Gasteiger partial charge in [-0.1, -0.05) is 41.0 Å². The Morgan fingerprint density at radius 3 is 2.24 bits per heavy atom. The standard InChI is InChI=1S/C26H17ClF4N4O2/c1-35-13-22(26(29,30)31)32-24(35)15-5-3-14(4-6-15)23-33-25(37-34-23)19-9-7-16(28)11-20(19)18-10-8-17(36-2)12-21(18)27/h3-13H,1-2H3. The van der Waals surface area contributed by atoms with Gasteiger partial charge in [0.25, 0.3) is 5.89 Å². The van der Waals surface area contributed by atoms with Crippen LogP contribution in [-0.2, 0) is 13.2 Å². The Morgan fingerprint density at radius 2 is 1.59 bits per heavy atom. The van der Waals surface area contributed by atoms with Gasteiger partial charge in [-0.2, -0.15) is 18.2 Å². The van der Waals surface area contributed by atoms with Gasteiger partial charge in [0.15, 0.2) is 5.69 Å². The Morgan fingerprint density at radius 1 is 0.892 bits per heavy atom. The van der Waals surface area contributed by atoms with Gasteiger partial charge in [0.1, 0.15) is 17.4 Å². The highest BCUT2D eigenvalue weighted by molar-refractivity contribution is 6.33. The maximum absolute atomic E-state index is 14.2. The van der Waals surface area contributed by atoms with Crippen LogP contribution in [0, 0.1) is 5.82 Å². The third kappa shape index (κ3) is 4.79. The normalized spacial score (nSPS) is 11.6. The summed E-state index contributed by atoms with van der Waals surface area (Å²) in [4.78, 5) is 8.15. The molecule has 0 N–H and O–H groups in total. The molecule has 37 heavy (non-hydrogen) atoms. The van der Waals surface area contributed by atoms with Crippen LogP contribution < -0.4 is 4.74 Å². The summed E-state index contributed by atoms with van der Waals surface area (Å²) in [6.45, 7) is 0. The zero-order valence-corrected chi connectivity index (χ0v) is 20.1. The van der Waals surface area contributed by atoms with Crippen LogP contribution in [0.3, 0.4) is 0 Å². The summed E-state index contributed by atoms with van der Waals surface area (Å²) in [7, 11) is 3.01. The van der Waals surface area contributed by atoms with E-state index in [0.717, 1.165) is 6.20 Å². The summed E-state index contributed by atoms with van der Waals surface area (Å²) in [5.74, 6) is 0.632. The van der Waals surface area contributed by atoms with Crippen LogP contribution in [0.15, 0.2) is 71.4 Å². The number of halogens is 5. The van der Waals surface area contributed by atoms with Crippen LogP contribution >= 0.6 is 11.6 Å². The molecule has 0 aliphatic carbocycles. The highest BCUT2D eigenvalue weighted by atomic mass is 35.5. The van der Waals surface area contributed by atoms with Crippen molar-refractivity contribution in [3.05, 3.63) is 83.4 Å². The number of rotatable bonds is 5. The summed E-state index contributed by atoms with van der Waals surface area (Å²) < 4.78 is 65.1. The van der Waals surface area contributed by atoms with E-state index in [1.807, 2.05) is 0 Å². The molecule has 0 bridgehead atoms. The third-order valence-electron chi connectivity index (χ3n) is 5.67. The first-order valence-corrected chi connectivity index (χ1v) is 11.2. The minimum absolute atomic E-state index is 0.139. The highest BCUT2D eigenvalue weighted by Crippen LogP contribution is 2.38. The average molecular weight is 529 g/mol. The molecular weight excluding hydrogens is 512 g/mol. The number of aryl methyl sites for hydroxylation is 1. The van der Waals surface area contributed by atoms with Crippen LogP contribution in [0.2, 0.25) is 5.02 Å². The lowest BCUT2D eigenvalue weighted by molar-refractivity contribution is -0.140. The molecular formula is C26H17ClF4N4O2. The predicted molar refractivity (Wildman–Crippen MR) is 129 cm³/mol. The number of methoxy groups -OCH3 is 1. The molecule has 0 unspecified atom stereocenters. The molecule has 5 rings (SSSR count). The molecule has 0 aliphatic heterocycles. The van der Waals surface area contributed by atoms with Crippen molar-refractivity contribution < 1.29 is 26.8 Å². The number of alkyl halides is 3. The lowest BCUT2D eigenvalue weighted by Crippen LogP contribution is -2.04. The second kappa shape index (κ2) is 9.36. The van der Waals surface area contributed by atoms with E-state index in [2.05, 4.69) is 15.1 Å². The summed E-state index contributed by atoms with van der Waals surface area (Å²) in [5.41, 5.74) is 1.55. The monoisotopic (exact) mass is 528 g/mol. The Bertz CT molecular complexity index is 1590. The van der Waals surface area contributed by atoms with Crippen LogP contribution in [0.25, 0.3) is 45.4 Å². The second-order valence-corrected chi connectivity index (χ2v) is 8.50. The van der Waals surface area contributed by atoms with Crippen molar-refractivity contribution in [2.24, 2.45) is 7.05 Å². The topological polar surface area (TPSA) is 66.0 Å². The molecule has 6 nitrogen and oxygen atoms in total. The van der Waals surface area contributed by atoms with Gasteiger partial charge in [-0.3, -0.25) is 0 Å². The number of nitrogens with zero attached hydrogens (tertiary/aromatic N) is 4. The molecule has 0 saturated heterocycles. The quantitative estimate of drug-likeness (QED) is 0.224. The van der Waals surface area contributed by atoms with E-state index in [1.54, 1.807) is 42.5 Å². The molecule has 0 aliphatic rings. The van der Waals surface area contributed by atoms with Gasteiger partial charge in [0.2, 0.25) is 5.82 Å². The second-order valence-electron chi connectivity index (χ2n) is 8.09. The van der Waals surface area contributed by atoms with E-state index in [9.17, 15) is 17.6 Å². The van der Waals surface area contributed by atoms with Crippen LogP contribution in [0.1, 0.15) is 5.69 Å². The Labute approximate surface area is 213 Å². The Balaban J connectivity index is 1.48. The third-order valence-corrected chi connectivity index (χ3v) is 5.99. The van der Waals surface area contributed by atoms with Gasteiger partial charge < -0.3 is 13.8 Å². The summed E-state index contributed by atoms with van der Waals surface area (Å²) in [6.07, 6.45) is -3.60. The van der Waals surface area contributed by atoms with Crippen LogP contribution in [-0.4, -0.2) is 26.8 Å². The van der Waals surface area contributed by atoms with E-state index in [-0.39, 0.29) is 17.5 Å². The number of aromatic nitrogens is 4. The smallest absolute Gasteiger partial charge is 0.434 e. The summed E-state index contributed by atoms with van der Waals surface area (Å²) in [6, 6.07) is 15.7. The number of hydrogen-bond donors (Lipinski definition) is 0. The fourth-order valence-electron chi connectivity index (χ4n) is 3.86. The van der Waals surface area contributed by atoms with Gasteiger partial charge in [0.05, 0.1) is 12.1 Å². The first-order chi connectivity index (χ1) is 17.6. The first-order valence-electron chi connectivity index (χ1n) is 10.8. The SMILES string of the molecule is COc1ccc(-c2cc(F)ccc2-c2nc(-c3ccc(-c4nc(C(F)(F)F)cn4C)cc3)no2)c(Cl)c1. The fourth-order valence-corrected chi connectivity index (χ4v) is 4.13. The number of hydrogen-bond acceptors (Lipinski definition) is 5. The molecule has 0 spiro atoms. The Kier molecular flexibility index (Phi) is 6.20. The maximum atomic E-state index is 14.2. The van der Waals surface area contributed by atoms with E-state index in [4.69, 9.17) is 20.9 Å². The molecule has 5 aromatic rings. The van der Waals surface area contributed by atoms with Gasteiger partial charge in [0, 0.05) is 35.5 Å². The molecule has 0 atom stereocenters. The summed E-state index contributed by atoms with van der Waals surface area (Å²) >= 11 is 6.42. The molecule has 0 radical (unpaired) electrons. The van der Waals surface area contributed by atoms with E-state index in [0.29, 0.717) is 38.6 Å². The van der Waals surface area contributed by atoms with Gasteiger partial charge >= 0.3 is 6.18 Å². The molecule has 188 valence electrons. The molecule has 2 aromatic heterocycles. The fraction of sp³-hybridized carbons (Fsp3) is 0.115. The lowest BCUT2D eigenvalue weighted by atomic mass is 9.99. The minimum atomic E-state index is -4.54. The van der Waals surface area contributed by atoms with Crippen LogP contribution in [0.5, 0.6) is 5.75 Å². The van der Waals surface area contributed by atoms with Gasteiger partial charge in [-0.25, -0.2) is 9.37 Å². The lowest BCUT2D eigenvalue weighted by Gasteiger charge is -2.10. The van der Waals surface area contributed by atoms with Gasteiger partial charge in [-0.05, 0) is 42.0 Å². The Hall–Kier alpha value is -4.18. The van der Waals surface area contributed by atoms with Crippen molar-refractivity contribution in [2.75, 3.05) is 7.11 Å². The zero-order chi connectivity index (χ0) is 26.3. The van der Waals surface area contributed by atoms with E-state index >= 15 is 0 Å². The van der Waals surface area contributed by atoms with Crippen molar-refractivity contribution in [1.82, 2.24) is 19.7 Å². The molecule has 0 saturated carbocycles. The van der Waals surface area contributed by atoms with Crippen molar-refractivity contribution in [3.8, 4) is 51.1 Å². The van der Waals surface area contributed by atoms with Crippen molar-refractivity contribution >= 4 is 11.6 Å². The molecule has 2 heterocycles. The minimum Gasteiger partial charge on any atom is -0.497 e. The first kappa shape index (κ1) is 24.5. The number of ether oxygens (including phenoxy) is 1.